The van der Waals surface area contributed by atoms with Gasteiger partial charge in [0, 0.05) is 12.7 Å². The summed E-state index contributed by atoms with van der Waals surface area (Å²) in [6.07, 6.45) is 4.79. The van der Waals surface area contributed by atoms with Crippen molar-refractivity contribution in [2.45, 2.75) is 39.3 Å². The molecule has 0 aliphatic carbocycles. The van der Waals surface area contributed by atoms with Gasteiger partial charge in [-0.1, -0.05) is 6.92 Å². The van der Waals surface area contributed by atoms with E-state index in [1.54, 1.807) is 0 Å². The highest BCUT2D eigenvalue weighted by atomic mass is 15.1. The lowest BCUT2D eigenvalue weighted by atomic mass is 10.0. The Balaban J connectivity index is 2.91. The molecule has 1 aromatic rings. The molecule has 1 aromatic heterocycles. The molecule has 1 rings (SSSR count). The van der Waals surface area contributed by atoms with Gasteiger partial charge in [0.05, 0.1) is 17.6 Å². The summed E-state index contributed by atoms with van der Waals surface area (Å²) in [5.74, 6) is 0. The van der Waals surface area contributed by atoms with E-state index >= 15 is 0 Å². The molecule has 0 aromatic carbocycles. The van der Waals surface area contributed by atoms with E-state index in [-0.39, 0.29) is 5.54 Å². The van der Waals surface area contributed by atoms with Crippen molar-refractivity contribution in [3.63, 3.8) is 0 Å². The fraction of sp³-hybridized carbons (Fsp3) is 0.667. The number of aromatic nitrogens is 2. The number of aryl methyl sites for hydroxylation is 1. The Hall–Kier alpha value is -0.830. The minimum atomic E-state index is -0.286. The Bertz CT molecular complexity index is 245. The molecule has 0 aliphatic rings. The van der Waals surface area contributed by atoms with Crippen molar-refractivity contribution in [1.82, 2.24) is 9.55 Å². The zero-order chi connectivity index (χ0) is 9.19. The van der Waals surface area contributed by atoms with Gasteiger partial charge in [-0.25, -0.2) is 4.98 Å². The van der Waals surface area contributed by atoms with Crippen LogP contribution in [0.1, 0.15) is 32.9 Å². The van der Waals surface area contributed by atoms with Crippen molar-refractivity contribution < 1.29 is 0 Å². The van der Waals surface area contributed by atoms with Crippen LogP contribution in [0.4, 0.5) is 0 Å². The first kappa shape index (κ1) is 9.26. The van der Waals surface area contributed by atoms with Gasteiger partial charge in [0.2, 0.25) is 0 Å². The van der Waals surface area contributed by atoms with Crippen molar-refractivity contribution in [2.75, 3.05) is 0 Å². The predicted molar refractivity (Wildman–Crippen MR) is 49.7 cm³/mol. The number of nitrogens with zero attached hydrogens (tertiary/aromatic N) is 2. The maximum absolute atomic E-state index is 5.97. The van der Waals surface area contributed by atoms with Gasteiger partial charge in [-0.05, 0) is 20.3 Å². The predicted octanol–water partition coefficient (Wildman–Crippen LogP) is 1.49. The zero-order valence-electron chi connectivity index (χ0n) is 8.04. The second-order valence-electron chi connectivity index (χ2n) is 3.69. The Morgan fingerprint density at radius 3 is 2.75 bits per heavy atom. The molecule has 1 heterocycles. The number of rotatable bonds is 3. The first-order chi connectivity index (χ1) is 5.55. The van der Waals surface area contributed by atoms with E-state index in [4.69, 9.17) is 5.73 Å². The molecule has 68 valence electrons. The summed E-state index contributed by atoms with van der Waals surface area (Å²) < 4.78 is 2.11. The summed E-state index contributed by atoms with van der Waals surface area (Å²) in [7, 11) is 0. The average molecular weight is 167 g/mol. The molecule has 0 atom stereocenters. The maximum atomic E-state index is 5.97. The van der Waals surface area contributed by atoms with Crippen molar-refractivity contribution in [3.05, 3.63) is 18.2 Å². The maximum Gasteiger partial charge on any atom is 0.0948 e. The highest BCUT2D eigenvalue weighted by Gasteiger charge is 2.18. The first-order valence-corrected chi connectivity index (χ1v) is 4.35. The third kappa shape index (κ3) is 1.85. The Kier molecular flexibility index (Phi) is 2.52. The molecule has 0 spiro atoms. The van der Waals surface area contributed by atoms with Crippen LogP contribution in [0, 0.1) is 0 Å². The lowest BCUT2D eigenvalue weighted by Crippen LogP contribution is -2.31. The van der Waals surface area contributed by atoms with Gasteiger partial charge in [-0.15, -0.1) is 0 Å². The van der Waals surface area contributed by atoms with Crippen LogP contribution in [-0.4, -0.2) is 9.55 Å². The van der Waals surface area contributed by atoms with Gasteiger partial charge in [0.25, 0.3) is 0 Å². The summed E-state index contributed by atoms with van der Waals surface area (Å²) in [4.78, 5) is 4.09. The molecule has 0 saturated heterocycles. The monoisotopic (exact) mass is 167 g/mol. The van der Waals surface area contributed by atoms with E-state index in [1.165, 1.54) is 0 Å². The fourth-order valence-electron chi connectivity index (χ4n) is 1.28. The van der Waals surface area contributed by atoms with E-state index < -0.39 is 0 Å². The Morgan fingerprint density at radius 2 is 2.25 bits per heavy atom. The molecule has 0 amide bonds. The average Bonchev–Trinajstić information content (AvgIpc) is 2.34. The molecule has 0 unspecified atom stereocenters. The summed E-state index contributed by atoms with van der Waals surface area (Å²) in [6.45, 7) is 7.13. The molecular formula is C9H17N3. The molecule has 0 radical (unpaired) electrons. The Labute approximate surface area is 73.6 Å². The van der Waals surface area contributed by atoms with Gasteiger partial charge in [-0.2, -0.15) is 0 Å². The third-order valence-electron chi connectivity index (χ3n) is 1.84. The van der Waals surface area contributed by atoms with Crippen LogP contribution in [-0.2, 0) is 12.1 Å². The smallest absolute Gasteiger partial charge is 0.0948 e. The molecule has 0 saturated carbocycles. The van der Waals surface area contributed by atoms with E-state index in [9.17, 15) is 0 Å². The van der Waals surface area contributed by atoms with Gasteiger partial charge in [-0.3, -0.25) is 0 Å². The first-order valence-electron chi connectivity index (χ1n) is 4.35. The lowest BCUT2D eigenvalue weighted by Gasteiger charge is -2.20. The summed E-state index contributed by atoms with van der Waals surface area (Å²) in [5, 5.41) is 0. The van der Waals surface area contributed by atoms with Crippen LogP contribution in [0.3, 0.4) is 0 Å². The largest absolute Gasteiger partial charge is 0.333 e. The number of hydrogen-bond donors (Lipinski definition) is 1. The van der Waals surface area contributed by atoms with Gasteiger partial charge in [0.15, 0.2) is 0 Å². The molecule has 2 N–H and O–H groups in total. The third-order valence-corrected chi connectivity index (χ3v) is 1.84. The second-order valence-corrected chi connectivity index (χ2v) is 3.69. The van der Waals surface area contributed by atoms with Crippen LogP contribution in [0.25, 0.3) is 0 Å². The summed E-state index contributed by atoms with van der Waals surface area (Å²) in [6, 6.07) is 0. The SMILES string of the molecule is CCCn1cncc1C(C)(C)N. The number of nitrogens with two attached hydrogens (primary N) is 1. The van der Waals surface area contributed by atoms with Crippen molar-refractivity contribution in [3.8, 4) is 0 Å². The fourth-order valence-corrected chi connectivity index (χ4v) is 1.28. The van der Waals surface area contributed by atoms with Gasteiger partial charge < -0.3 is 10.3 Å². The van der Waals surface area contributed by atoms with Gasteiger partial charge in [0.1, 0.15) is 0 Å². The quantitative estimate of drug-likeness (QED) is 0.741. The van der Waals surface area contributed by atoms with Crippen LogP contribution >= 0.6 is 0 Å². The van der Waals surface area contributed by atoms with Crippen molar-refractivity contribution >= 4 is 0 Å². The van der Waals surface area contributed by atoms with E-state index in [0.717, 1.165) is 18.7 Å². The number of imidazole rings is 1. The number of hydrogen-bond acceptors (Lipinski definition) is 2. The molecule has 0 bridgehead atoms. The van der Waals surface area contributed by atoms with E-state index in [2.05, 4.69) is 16.5 Å². The standard InChI is InChI=1S/C9H17N3/c1-4-5-12-7-11-6-8(12)9(2,3)10/h6-7H,4-5,10H2,1-3H3. The van der Waals surface area contributed by atoms with Gasteiger partial charge >= 0.3 is 0 Å². The Morgan fingerprint density at radius 1 is 1.58 bits per heavy atom. The highest BCUT2D eigenvalue weighted by molar-refractivity contribution is 5.09. The molecule has 3 nitrogen and oxygen atoms in total. The summed E-state index contributed by atoms with van der Waals surface area (Å²) in [5.41, 5.74) is 6.79. The minimum Gasteiger partial charge on any atom is -0.333 e. The summed E-state index contributed by atoms with van der Waals surface area (Å²) >= 11 is 0. The van der Waals surface area contributed by atoms with Crippen molar-refractivity contribution in [2.24, 2.45) is 5.73 Å². The van der Waals surface area contributed by atoms with Crippen LogP contribution < -0.4 is 5.73 Å². The minimum absolute atomic E-state index is 0.286. The normalized spacial score (nSPS) is 12.0. The van der Waals surface area contributed by atoms with Crippen molar-refractivity contribution in [1.29, 1.82) is 0 Å². The van der Waals surface area contributed by atoms with E-state index in [1.807, 2.05) is 26.4 Å². The van der Waals surface area contributed by atoms with E-state index in [0.29, 0.717) is 0 Å². The van der Waals surface area contributed by atoms with Crippen LogP contribution in [0.15, 0.2) is 12.5 Å². The lowest BCUT2D eigenvalue weighted by molar-refractivity contribution is 0.489. The molecule has 0 aliphatic heterocycles. The zero-order valence-corrected chi connectivity index (χ0v) is 8.04. The second kappa shape index (κ2) is 3.27. The molecule has 3 heteroatoms. The van der Waals surface area contributed by atoms with Crippen LogP contribution in [0.2, 0.25) is 0 Å². The van der Waals surface area contributed by atoms with Crippen LogP contribution in [0.5, 0.6) is 0 Å². The molecule has 0 fully saturated rings. The molecular weight excluding hydrogens is 150 g/mol. The molecule has 12 heavy (non-hydrogen) atoms. The highest BCUT2D eigenvalue weighted by Crippen LogP contribution is 2.15. The topological polar surface area (TPSA) is 43.8 Å².